The van der Waals surface area contributed by atoms with Gasteiger partial charge in [-0.15, -0.1) is 0 Å². The molecule has 0 aliphatic heterocycles. The minimum absolute atomic E-state index is 0.394. The molecule has 2 heteroatoms. The summed E-state index contributed by atoms with van der Waals surface area (Å²) in [7, 11) is 1.59. The summed E-state index contributed by atoms with van der Waals surface area (Å²) in [5, 5.41) is 0. The summed E-state index contributed by atoms with van der Waals surface area (Å²) < 4.78 is 5.14. The third kappa shape index (κ3) is 1.95. The minimum Gasteiger partial charge on any atom is -0.496 e. The molecule has 14 heavy (non-hydrogen) atoms. The largest absolute Gasteiger partial charge is 0.496 e. The molecule has 0 aromatic heterocycles. The number of methoxy groups -OCH3 is 1. The summed E-state index contributed by atoms with van der Waals surface area (Å²) in [6.07, 6.45) is 1.90. The monoisotopic (exact) mass is 192 g/mol. The number of hydrogen-bond acceptors (Lipinski definition) is 2. The number of carbonyl (C=O) groups excluding carboxylic acids is 1. The molecule has 0 aliphatic rings. The highest BCUT2D eigenvalue weighted by molar-refractivity contribution is 5.82. The first kappa shape index (κ1) is 10.8. The van der Waals surface area contributed by atoms with E-state index in [1.165, 1.54) is 0 Å². The molecular weight excluding hydrogens is 176 g/mol. The van der Waals surface area contributed by atoms with Crippen LogP contribution in [0.1, 0.15) is 42.1 Å². The standard InChI is InChI=1S/C12H16O2/c1-4-9(2)10-6-5-7-12(14-3)11(10)8-13/h5-9H,4H2,1-3H3. The van der Waals surface area contributed by atoms with Gasteiger partial charge in [-0.05, 0) is 24.0 Å². The van der Waals surface area contributed by atoms with E-state index in [9.17, 15) is 4.79 Å². The van der Waals surface area contributed by atoms with Gasteiger partial charge in [-0.25, -0.2) is 0 Å². The van der Waals surface area contributed by atoms with Gasteiger partial charge in [0.1, 0.15) is 5.75 Å². The smallest absolute Gasteiger partial charge is 0.154 e. The molecule has 1 aromatic rings. The molecule has 1 rings (SSSR count). The zero-order valence-electron chi connectivity index (χ0n) is 8.91. The molecule has 0 aliphatic carbocycles. The first-order valence-corrected chi connectivity index (χ1v) is 4.86. The van der Waals surface area contributed by atoms with Crippen molar-refractivity contribution in [2.45, 2.75) is 26.2 Å². The van der Waals surface area contributed by atoms with Crippen molar-refractivity contribution in [2.75, 3.05) is 7.11 Å². The fourth-order valence-corrected chi connectivity index (χ4v) is 1.51. The van der Waals surface area contributed by atoms with E-state index >= 15 is 0 Å². The fourth-order valence-electron chi connectivity index (χ4n) is 1.51. The Labute approximate surface area is 84.9 Å². The third-order valence-corrected chi connectivity index (χ3v) is 2.58. The Balaban J connectivity index is 3.21. The maximum atomic E-state index is 10.9. The third-order valence-electron chi connectivity index (χ3n) is 2.58. The first-order valence-electron chi connectivity index (χ1n) is 4.86. The van der Waals surface area contributed by atoms with Crippen molar-refractivity contribution in [3.05, 3.63) is 29.3 Å². The van der Waals surface area contributed by atoms with Crippen LogP contribution in [0.15, 0.2) is 18.2 Å². The molecular formula is C12H16O2. The predicted molar refractivity (Wildman–Crippen MR) is 57.1 cm³/mol. The molecule has 1 atom stereocenters. The molecule has 0 heterocycles. The van der Waals surface area contributed by atoms with Gasteiger partial charge in [0.25, 0.3) is 0 Å². The van der Waals surface area contributed by atoms with E-state index in [0.29, 0.717) is 17.2 Å². The second-order valence-electron chi connectivity index (χ2n) is 3.39. The van der Waals surface area contributed by atoms with Crippen molar-refractivity contribution in [1.29, 1.82) is 0 Å². The summed E-state index contributed by atoms with van der Waals surface area (Å²) in [5.41, 5.74) is 1.76. The number of rotatable bonds is 4. The van der Waals surface area contributed by atoms with E-state index in [0.717, 1.165) is 18.3 Å². The van der Waals surface area contributed by atoms with Crippen molar-refractivity contribution in [3.8, 4) is 5.75 Å². The van der Waals surface area contributed by atoms with Crippen LogP contribution >= 0.6 is 0 Å². The zero-order valence-corrected chi connectivity index (χ0v) is 8.91. The van der Waals surface area contributed by atoms with Crippen LogP contribution in [0, 0.1) is 0 Å². The highest BCUT2D eigenvalue weighted by atomic mass is 16.5. The lowest BCUT2D eigenvalue weighted by Crippen LogP contribution is -2.00. The van der Waals surface area contributed by atoms with Gasteiger partial charge in [0.2, 0.25) is 0 Å². The van der Waals surface area contributed by atoms with Crippen LogP contribution in [0.5, 0.6) is 5.75 Å². The molecule has 0 spiro atoms. The van der Waals surface area contributed by atoms with Crippen molar-refractivity contribution in [3.63, 3.8) is 0 Å². The molecule has 0 saturated carbocycles. The normalized spacial score (nSPS) is 12.2. The second-order valence-corrected chi connectivity index (χ2v) is 3.39. The summed E-state index contributed by atoms with van der Waals surface area (Å²) in [5.74, 6) is 1.06. The first-order chi connectivity index (χ1) is 6.74. The lowest BCUT2D eigenvalue weighted by Gasteiger charge is -2.13. The van der Waals surface area contributed by atoms with Gasteiger partial charge in [-0.3, -0.25) is 4.79 Å². The summed E-state index contributed by atoms with van der Waals surface area (Å²) in [6, 6.07) is 5.73. The van der Waals surface area contributed by atoms with E-state index in [1.807, 2.05) is 18.2 Å². The Hall–Kier alpha value is -1.31. The van der Waals surface area contributed by atoms with Crippen molar-refractivity contribution in [1.82, 2.24) is 0 Å². The average Bonchev–Trinajstić information content (AvgIpc) is 2.26. The van der Waals surface area contributed by atoms with Crippen LogP contribution in [-0.4, -0.2) is 13.4 Å². The SMILES string of the molecule is CCC(C)c1cccc(OC)c1C=O. The van der Waals surface area contributed by atoms with Gasteiger partial charge in [-0.2, -0.15) is 0 Å². The fraction of sp³-hybridized carbons (Fsp3) is 0.417. The number of ether oxygens (including phenoxy) is 1. The molecule has 76 valence electrons. The molecule has 1 unspecified atom stereocenters. The average molecular weight is 192 g/mol. The van der Waals surface area contributed by atoms with Crippen molar-refractivity contribution in [2.24, 2.45) is 0 Å². The number of hydrogen-bond donors (Lipinski definition) is 0. The van der Waals surface area contributed by atoms with Crippen LogP contribution in [0.2, 0.25) is 0 Å². The Bertz CT molecular complexity index is 318. The summed E-state index contributed by atoms with van der Waals surface area (Å²) in [4.78, 5) is 10.9. The molecule has 0 radical (unpaired) electrons. The van der Waals surface area contributed by atoms with Crippen molar-refractivity contribution >= 4 is 6.29 Å². The molecule has 0 bridgehead atoms. The Morgan fingerprint density at radius 3 is 2.71 bits per heavy atom. The highest BCUT2D eigenvalue weighted by Gasteiger charge is 2.12. The van der Waals surface area contributed by atoms with E-state index < -0.39 is 0 Å². The Morgan fingerprint density at radius 2 is 2.21 bits per heavy atom. The van der Waals surface area contributed by atoms with Crippen LogP contribution < -0.4 is 4.74 Å². The second kappa shape index (κ2) is 4.80. The number of benzene rings is 1. The molecule has 2 nitrogen and oxygen atoms in total. The van der Waals surface area contributed by atoms with Gasteiger partial charge in [0.05, 0.1) is 12.7 Å². The van der Waals surface area contributed by atoms with Crippen LogP contribution in [0.25, 0.3) is 0 Å². The number of aldehydes is 1. The lowest BCUT2D eigenvalue weighted by molar-refractivity contribution is 0.111. The van der Waals surface area contributed by atoms with Gasteiger partial charge >= 0.3 is 0 Å². The molecule has 1 aromatic carbocycles. The van der Waals surface area contributed by atoms with Gasteiger partial charge in [-0.1, -0.05) is 26.0 Å². The molecule has 0 saturated heterocycles. The van der Waals surface area contributed by atoms with E-state index in [2.05, 4.69) is 13.8 Å². The highest BCUT2D eigenvalue weighted by Crippen LogP contribution is 2.27. The van der Waals surface area contributed by atoms with Gasteiger partial charge < -0.3 is 4.74 Å². The summed E-state index contributed by atoms with van der Waals surface area (Å²) >= 11 is 0. The molecule has 0 fully saturated rings. The zero-order chi connectivity index (χ0) is 10.6. The van der Waals surface area contributed by atoms with E-state index in [-0.39, 0.29) is 0 Å². The quantitative estimate of drug-likeness (QED) is 0.685. The van der Waals surface area contributed by atoms with Crippen LogP contribution in [-0.2, 0) is 0 Å². The Kier molecular flexibility index (Phi) is 3.69. The lowest BCUT2D eigenvalue weighted by atomic mass is 9.94. The summed E-state index contributed by atoms with van der Waals surface area (Å²) in [6.45, 7) is 4.22. The topological polar surface area (TPSA) is 26.3 Å². The Morgan fingerprint density at radius 1 is 1.50 bits per heavy atom. The van der Waals surface area contributed by atoms with E-state index in [1.54, 1.807) is 7.11 Å². The van der Waals surface area contributed by atoms with Crippen LogP contribution in [0.4, 0.5) is 0 Å². The maximum absolute atomic E-state index is 10.9. The predicted octanol–water partition coefficient (Wildman–Crippen LogP) is 3.02. The van der Waals surface area contributed by atoms with Crippen molar-refractivity contribution < 1.29 is 9.53 Å². The van der Waals surface area contributed by atoms with Crippen LogP contribution in [0.3, 0.4) is 0 Å². The maximum Gasteiger partial charge on any atom is 0.154 e. The molecule has 0 amide bonds. The van der Waals surface area contributed by atoms with E-state index in [4.69, 9.17) is 4.74 Å². The minimum atomic E-state index is 0.394. The molecule has 0 N–H and O–H groups in total. The van der Waals surface area contributed by atoms with Gasteiger partial charge in [0.15, 0.2) is 6.29 Å². The number of carbonyl (C=O) groups is 1. The van der Waals surface area contributed by atoms with Gasteiger partial charge in [0, 0.05) is 0 Å².